The van der Waals surface area contributed by atoms with Crippen LogP contribution in [0.25, 0.3) is 0 Å². The van der Waals surface area contributed by atoms with Gasteiger partial charge in [-0.2, -0.15) is 0 Å². The molecular formula is C42H89N3O2. The van der Waals surface area contributed by atoms with Crippen molar-refractivity contribution in [2.75, 3.05) is 39.4 Å². The Morgan fingerprint density at radius 1 is 0.745 bits per heavy atom. The second-order valence-corrected chi connectivity index (χ2v) is 15.5. The lowest BCUT2D eigenvalue weighted by molar-refractivity contribution is -0.181. The second-order valence-electron chi connectivity index (χ2n) is 15.5. The number of fused-ring (bicyclic) bond motifs is 5. The number of nitrogens with one attached hydrogen (secondary N) is 1. The fourth-order valence-electron chi connectivity index (χ4n) is 9.74. The molecule has 0 aromatic carbocycles. The van der Waals surface area contributed by atoms with Gasteiger partial charge in [0.15, 0.2) is 0 Å². The lowest BCUT2D eigenvalue weighted by Gasteiger charge is -2.62. The van der Waals surface area contributed by atoms with Crippen molar-refractivity contribution in [2.45, 2.75) is 190 Å². The molecule has 0 radical (unpaired) electrons. The van der Waals surface area contributed by atoms with E-state index in [1.165, 1.54) is 122 Å². The summed E-state index contributed by atoms with van der Waals surface area (Å²) in [6.45, 7) is 25.0. The monoisotopic (exact) mass is 668 g/mol. The van der Waals surface area contributed by atoms with Crippen molar-refractivity contribution in [2.24, 2.45) is 51.9 Å². The predicted octanol–water partition coefficient (Wildman–Crippen LogP) is 10.5. The highest BCUT2D eigenvalue weighted by molar-refractivity contribution is 5.12. The molecule has 0 heterocycles. The molecule has 4 saturated carbocycles. The Labute approximate surface area is 296 Å². The van der Waals surface area contributed by atoms with E-state index in [2.05, 4.69) is 53.8 Å². The van der Waals surface area contributed by atoms with Crippen molar-refractivity contribution in [3.63, 3.8) is 0 Å². The predicted molar refractivity (Wildman–Crippen MR) is 209 cm³/mol. The van der Waals surface area contributed by atoms with E-state index in [1.807, 2.05) is 13.8 Å². The third-order valence-electron chi connectivity index (χ3n) is 12.0. The van der Waals surface area contributed by atoms with Crippen molar-refractivity contribution in [1.29, 1.82) is 0 Å². The van der Waals surface area contributed by atoms with Crippen molar-refractivity contribution in [1.82, 2.24) is 5.32 Å². The highest BCUT2D eigenvalue weighted by Crippen LogP contribution is 2.68. The first-order valence-corrected chi connectivity index (χ1v) is 21.1. The van der Waals surface area contributed by atoms with E-state index in [0.717, 1.165) is 55.6 Å². The summed E-state index contributed by atoms with van der Waals surface area (Å²) >= 11 is 0. The molecule has 4 fully saturated rings. The highest BCUT2D eigenvalue weighted by Gasteiger charge is 2.63. The molecule has 4 rings (SSSR count). The standard InChI is InChI=1S/C31H58N2O.C3H9NO.2C3H8.C2H6/c1-4-5-9-20-33-21-10-7-13-25-15-17-27-26-16-14-24-12-6-8-18-30(24,2)28(26)23-29(31(25,27)3)34-22-11-19-32;4-2-1-3-5;2*1-3-2;1-2/h24-29,33H,4-23,32H2,1-3H3;5H,1-4H2;2*3H2,1-2H3;1-2H3/t24?,25?,26?,27?,28?,29-,30-,31+;;;;/m0..../s1. The van der Waals surface area contributed by atoms with Gasteiger partial charge in [0, 0.05) is 13.2 Å². The topological polar surface area (TPSA) is 93.5 Å². The molecule has 0 aliphatic heterocycles. The van der Waals surface area contributed by atoms with E-state index < -0.39 is 0 Å². The lowest BCUT2D eigenvalue weighted by Crippen LogP contribution is -2.58. The summed E-state index contributed by atoms with van der Waals surface area (Å²) in [4.78, 5) is 0. The quantitative estimate of drug-likeness (QED) is 0.130. The van der Waals surface area contributed by atoms with Gasteiger partial charge in [-0.25, -0.2) is 0 Å². The lowest BCUT2D eigenvalue weighted by atomic mass is 9.44. The minimum Gasteiger partial charge on any atom is -0.396 e. The zero-order valence-electron chi connectivity index (χ0n) is 33.7. The molecule has 0 spiro atoms. The molecule has 284 valence electrons. The molecule has 5 nitrogen and oxygen atoms in total. The van der Waals surface area contributed by atoms with Crippen LogP contribution in [-0.4, -0.2) is 50.6 Å². The van der Waals surface area contributed by atoms with Crippen LogP contribution in [0.5, 0.6) is 0 Å². The number of aliphatic hydroxyl groups excluding tert-OH is 1. The van der Waals surface area contributed by atoms with Crippen LogP contribution in [0.4, 0.5) is 0 Å². The Hall–Kier alpha value is -0.200. The first-order chi connectivity index (χ1) is 22.8. The van der Waals surface area contributed by atoms with E-state index in [4.69, 9.17) is 21.3 Å². The van der Waals surface area contributed by atoms with E-state index in [-0.39, 0.29) is 6.61 Å². The van der Waals surface area contributed by atoms with Crippen LogP contribution < -0.4 is 16.8 Å². The number of ether oxygens (including phenoxy) is 1. The zero-order chi connectivity index (χ0) is 35.6. The molecule has 0 saturated heterocycles. The van der Waals surface area contributed by atoms with Gasteiger partial charge >= 0.3 is 0 Å². The van der Waals surface area contributed by atoms with Gasteiger partial charge in [0.2, 0.25) is 0 Å². The molecule has 0 amide bonds. The van der Waals surface area contributed by atoms with E-state index in [1.54, 1.807) is 0 Å². The van der Waals surface area contributed by atoms with Crippen LogP contribution in [0.3, 0.4) is 0 Å². The minimum atomic E-state index is 0.219. The van der Waals surface area contributed by atoms with E-state index in [0.29, 0.717) is 23.5 Å². The van der Waals surface area contributed by atoms with E-state index in [9.17, 15) is 0 Å². The van der Waals surface area contributed by atoms with Crippen molar-refractivity contribution in [3.8, 4) is 0 Å². The molecule has 4 aliphatic carbocycles. The fourth-order valence-corrected chi connectivity index (χ4v) is 9.74. The Kier molecular flexibility index (Phi) is 28.4. The SMILES string of the molecule is CC.CCC.CCC.CCCCCNCCCCC1CCC2C3CCC4CCCC[C@]4(C)C3C[C@H](OCCCN)[C@]12C.NCCCO. The van der Waals surface area contributed by atoms with Crippen LogP contribution in [-0.2, 0) is 4.74 Å². The third-order valence-corrected chi connectivity index (χ3v) is 12.0. The summed E-state index contributed by atoms with van der Waals surface area (Å²) in [6, 6.07) is 0. The van der Waals surface area contributed by atoms with Gasteiger partial charge in [0.25, 0.3) is 0 Å². The summed E-state index contributed by atoms with van der Waals surface area (Å²) in [5.41, 5.74) is 11.8. The maximum atomic E-state index is 7.99. The Morgan fingerprint density at radius 2 is 1.38 bits per heavy atom. The van der Waals surface area contributed by atoms with Crippen molar-refractivity contribution >= 4 is 0 Å². The molecule has 0 aromatic heterocycles. The molecule has 0 aromatic rings. The Bertz CT molecular complexity index is 689. The van der Waals surface area contributed by atoms with Gasteiger partial charge in [-0.1, -0.05) is 107 Å². The van der Waals surface area contributed by atoms with Gasteiger partial charge in [-0.05, 0) is 144 Å². The first kappa shape index (κ1) is 46.8. The average molecular weight is 668 g/mol. The summed E-state index contributed by atoms with van der Waals surface area (Å²) in [7, 11) is 0. The van der Waals surface area contributed by atoms with Crippen LogP contribution in [0.15, 0.2) is 0 Å². The molecule has 4 aliphatic rings. The molecular weight excluding hydrogens is 578 g/mol. The van der Waals surface area contributed by atoms with Crippen LogP contribution in [0.2, 0.25) is 0 Å². The van der Waals surface area contributed by atoms with Gasteiger partial charge in [0.05, 0.1) is 6.10 Å². The summed E-state index contributed by atoms with van der Waals surface area (Å²) < 4.78 is 6.83. The number of aliphatic hydroxyl groups is 1. The Balaban J connectivity index is 0.00000141. The number of nitrogens with two attached hydrogens (primary N) is 2. The zero-order valence-corrected chi connectivity index (χ0v) is 33.7. The normalized spacial score (nSPS) is 31.9. The Morgan fingerprint density at radius 3 is 1.96 bits per heavy atom. The fraction of sp³-hybridized carbons (Fsp3) is 1.00. The summed E-state index contributed by atoms with van der Waals surface area (Å²) in [6.07, 6.45) is 26.0. The third kappa shape index (κ3) is 14.9. The largest absolute Gasteiger partial charge is 0.396 e. The van der Waals surface area contributed by atoms with Gasteiger partial charge in [-0.15, -0.1) is 0 Å². The van der Waals surface area contributed by atoms with Crippen LogP contribution in [0, 0.1) is 40.4 Å². The van der Waals surface area contributed by atoms with Crippen LogP contribution in [0.1, 0.15) is 184 Å². The van der Waals surface area contributed by atoms with Gasteiger partial charge in [-0.3, -0.25) is 0 Å². The van der Waals surface area contributed by atoms with Gasteiger partial charge < -0.3 is 26.6 Å². The molecule has 8 atom stereocenters. The van der Waals surface area contributed by atoms with Crippen molar-refractivity contribution < 1.29 is 9.84 Å². The minimum absolute atomic E-state index is 0.219. The maximum absolute atomic E-state index is 7.99. The highest BCUT2D eigenvalue weighted by atomic mass is 16.5. The molecule has 5 unspecified atom stereocenters. The van der Waals surface area contributed by atoms with Crippen LogP contribution >= 0.6 is 0 Å². The first-order valence-electron chi connectivity index (χ1n) is 21.1. The second kappa shape index (κ2) is 28.5. The maximum Gasteiger partial charge on any atom is 0.0637 e. The summed E-state index contributed by atoms with van der Waals surface area (Å²) in [5.74, 6) is 4.60. The number of unbranched alkanes of at least 4 members (excludes halogenated alkanes) is 3. The smallest absolute Gasteiger partial charge is 0.0637 e. The average Bonchev–Trinajstić information content (AvgIpc) is 3.41. The molecule has 0 bridgehead atoms. The number of hydrogen-bond donors (Lipinski definition) is 4. The van der Waals surface area contributed by atoms with Crippen molar-refractivity contribution in [3.05, 3.63) is 0 Å². The van der Waals surface area contributed by atoms with E-state index >= 15 is 0 Å². The summed E-state index contributed by atoms with van der Waals surface area (Å²) in [5, 5.41) is 11.7. The molecule has 6 N–H and O–H groups in total. The molecule has 47 heavy (non-hydrogen) atoms. The van der Waals surface area contributed by atoms with Gasteiger partial charge in [0.1, 0.15) is 0 Å². The molecule has 5 heteroatoms. The number of hydrogen-bond acceptors (Lipinski definition) is 5. The number of rotatable bonds is 15.